The normalized spacial score (nSPS) is 29.4. The van der Waals surface area contributed by atoms with E-state index in [-0.39, 0.29) is 0 Å². The smallest absolute Gasteiger partial charge is 0.207 e. The van der Waals surface area contributed by atoms with Gasteiger partial charge in [0.1, 0.15) is 29.6 Å². The Hall–Kier alpha value is -1.64. The molecule has 1 fully saturated rings. The number of aliphatic hydroxyl groups excluding tert-OH is 4. The molecule has 1 aliphatic heterocycles. The lowest BCUT2D eigenvalue weighted by Crippen LogP contribution is -2.53. The zero-order chi connectivity index (χ0) is 19.7. The van der Waals surface area contributed by atoms with Crippen molar-refractivity contribution >= 4 is 31.1 Å². The van der Waals surface area contributed by atoms with Crippen LogP contribution in [-0.2, 0) is 0 Å². The molecule has 1 aliphatic rings. The average molecular weight is 413 g/mol. The lowest BCUT2D eigenvalue weighted by atomic mass is 10.4. The van der Waals surface area contributed by atoms with E-state index in [2.05, 4.69) is 0 Å². The topological polar surface area (TPSA) is 80.9 Å². The van der Waals surface area contributed by atoms with E-state index in [1.54, 1.807) is 0 Å². The summed E-state index contributed by atoms with van der Waals surface area (Å²) in [4.78, 5) is 0. The van der Waals surface area contributed by atoms with Crippen LogP contribution in [0.5, 0.6) is 0 Å². The Labute approximate surface area is 166 Å². The van der Waals surface area contributed by atoms with Gasteiger partial charge in [-0.3, -0.25) is 0 Å². The van der Waals surface area contributed by atoms with Crippen molar-refractivity contribution in [3.05, 3.63) is 91.0 Å². The number of benzene rings is 3. The molecule has 0 amide bonds. The summed E-state index contributed by atoms with van der Waals surface area (Å²) in [5.74, 6) is -4.65. The molecule has 0 radical (unpaired) electrons. The molecule has 6 heteroatoms. The molecule has 4 nitrogen and oxygen atoms in total. The molecule has 4 N–H and O–H groups in total. The van der Waals surface area contributed by atoms with Crippen LogP contribution in [0.15, 0.2) is 91.0 Å². The lowest BCUT2D eigenvalue weighted by Gasteiger charge is -2.46. The van der Waals surface area contributed by atoms with Crippen molar-refractivity contribution in [2.75, 3.05) is 0 Å². The predicted octanol–water partition coefficient (Wildman–Crippen LogP) is 1.75. The van der Waals surface area contributed by atoms with Gasteiger partial charge < -0.3 is 20.4 Å². The van der Waals surface area contributed by atoms with Gasteiger partial charge in [0.2, 0.25) is 11.7 Å². The SMILES string of the molecule is OC1C(O)[P+](c2ccccc2)(c2ccccc2)C(O)C(O)P1c1ccccc1. The standard InChI is InChI=1S/C22H23O4P2/c23-19-21(25)28(17-12-6-2-7-13-17,18-14-8-3-9-15-18)22(26)20(24)27(19)16-10-4-1-5-11-16/h1-15,19-26H/q+1. The highest BCUT2D eigenvalue weighted by molar-refractivity contribution is 7.92. The number of aliphatic hydroxyl groups is 4. The van der Waals surface area contributed by atoms with E-state index in [4.69, 9.17) is 0 Å². The van der Waals surface area contributed by atoms with Crippen LogP contribution in [0.4, 0.5) is 0 Å². The van der Waals surface area contributed by atoms with Gasteiger partial charge >= 0.3 is 0 Å². The van der Waals surface area contributed by atoms with Gasteiger partial charge in [0, 0.05) is 0 Å². The lowest BCUT2D eigenvalue weighted by molar-refractivity contribution is 0.0786. The van der Waals surface area contributed by atoms with E-state index in [0.717, 1.165) is 15.9 Å². The fourth-order valence-corrected chi connectivity index (χ4v) is 12.2. The molecular weight excluding hydrogens is 390 g/mol. The minimum atomic E-state index is -2.92. The van der Waals surface area contributed by atoms with Gasteiger partial charge in [-0.25, -0.2) is 0 Å². The minimum Gasteiger partial charge on any atom is -0.381 e. The zero-order valence-electron chi connectivity index (χ0n) is 15.2. The highest BCUT2D eigenvalue weighted by Crippen LogP contribution is 2.73. The molecule has 1 saturated heterocycles. The van der Waals surface area contributed by atoms with Crippen molar-refractivity contribution < 1.29 is 20.4 Å². The summed E-state index contributed by atoms with van der Waals surface area (Å²) >= 11 is 0. The van der Waals surface area contributed by atoms with Gasteiger partial charge in [-0.2, -0.15) is 0 Å². The van der Waals surface area contributed by atoms with E-state index in [9.17, 15) is 20.4 Å². The Morgan fingerprint density at radius 1 is 0.536 bits per heavy atom. The number of hydrogen-bond donors (Lipinski definition) is 4. The van der Waals surface area contributed by atoms with Crippen LogP contribution in [0.25, 0.3) is 0 Å². The van der Waals surface area contributed by atoms with E-state index >= 15 is 0 Å². The van der Waals surface area contributed by atoms with Gasteiger partial charge in [0.15, 0.2) is 0 Å². The van der Waals surface area contributed by atoms with E-state index in [1.807, 2.05) is 91.0 Å². The first-order valence-electron chi connectivity index (χ1n) is 9.14. The summed E-state index contributed by atoms with van der Waals surface area (Å²) < 4.78 is 0. The molecule has 4 rings (SSSR count). The maximum atomic E-state index is 11.5. The van der Waals surface area contributed by atoms with Crippen LogP contribution in [0.1, 0.15) is 0 Å². The quantitative estimate of drug-likeness (QED) is 0.494. The van der Waals surface area contributed by atoms with Gasteiger partial charge in [0.25, 0.3) is 0 Å². The zero-order valence-corrected chi connectivity index (χ0v) is 16.9. The van der Waals surface area contributed by atoms with Gasteiger partial charge in [-0.1, -0.05) is 66.7 Å². The minimum absolute atomic E-state index is 0.759. The second kappa shape index (κ2) is 8.00. The molecule has 3 aromatic carbocycles. The molecule has 3 aromatic rings. The van der Waals surface area contributed by atoms with Gasteiger partial charge in [-0.15, -0.1) is 0 Å². The third-order valence-corrected chi connectivity index (χ3v) is 13.0. The molecule has 28 heavy (non-hydrogen) atoms. The first kappa shape index (κ1) is 19.7. The van der Waals surface area contributed by atoms with Crippen LogP contribution >= 0.6 is 15.2 Å². The van der Waals surface area contributed by atoms with E-state index in [0.29, 0.717) is 0 Å². The largest absolute Gasteiger partial charge is 0.381 e. The first-order chi connectivity index (χ1) is 13.6. The Balaban J connectivity index is 1.91. The molecule has 0 aromatic heterocycles. The summed E-state index contributed by atoms with van der Waals surface area (Å²) in [6.07, 6.45) is 0. The predicted molar refractivity (Wildman–Crippen MR) is 116 cm³/mol. The third kappa shape index (κ3) is 3.02. The van der Waals surface area contributed by atoms with Gasteiger partial charge in [-0.05, 0) is 37.5 Å². The fourth-order valence-electron chi connectivity index (χ4n) is 4.04. The summed E-state index contributed by atoms with van der Waals surface area (Å²) in [5.41, 5.74) is 0. The third-order valence-electron chi connectivity index (χ3n) is 5.36. The summed E-state index contributed by atoms with van der Waals surface area (Å²) in [7, 11) is -4.49. The second-order valence-electron chi connectivity index (χ2n) is 6.85. The van der Waals surface area contributed by atoms with Crippen LogP contribution in [0, 0.1) is 0 Å². The molecule has 0 aliphatic carbocycles. The van der Waals surface area contributed by atoms with E-state index < -0.39 is 38.6 Å². The van der Waals surface area contributed by atoms with Crippen LogP contribution in [0.2, 0.25) is 0 Å². The average Bonchev–Trinajstić information content (AvgIpc) is 2.75. The van der Waals surface area contributed by atoms with Crippen molar-refractivity contribution in [3.63, 3.8) is 0 Å². The van der Waals surface area contributed by atoms with Crippen LogP contribution < -0.4 is 15.9 Å². The van der Waals surface area contributed by atoms with Crippen molar-refractivity contribution in [2.45, 2.75) is 23.4 Å². The van der Waals surface area contributed by atoms with Crippen LogP contribution in [-0.4, -0.2) is 43.8 Å². The molecule has 4 atom stereocenters. The maximum absolute atomic E-state index is 11.5. The summed E-state index contributed by atoms with van der Waals surface area (Å²) in [6.45, 7) is 0. The fraction of sp³-hybridized carbons (Fsp3) is 0.182. The van der Waals surface area contributed by atoms with Gasteiger partial charge in [0.05, 0.1) is 0 Å². The Morgan fingerprint density at radius 2 is 0.893 bits per heavy atom. The summed E-state index contributed by atoms with van der Waals surface area (Å²) in [6, 6.07) is 27.8. The first-order valence-corrected chi connectivity index (χ1v) is 12.5. The number of rotatable bonds is 3. The molecule has 0 saturated carbocycles. The Bertz CT molecular complexity index is 850. The highest BCUT2D eigenvalue weighted by atomic mass is 31.2. The molecule has 4 unspecified atom stereocenters. The maximum Gasteiger partial charge on any atom is 0.207 e. The molecule has 0 spiro atoms. The van der Waals surface area contributed by atoms with Crippen molar-refractivity contribution in [1.82, 2.24) is 0 Å². The molecule has 144 valence electrons. The molecule has 1 heterocycles. The summed E-state index contributed by atoms with van der Waals surface area (Å²) in [5, 5.41) is 47.6. The van der Waals surface area contributed by atoms with Crippen LogP contribution in [0.3, 0.4) is 0 Å². The Kier molecular flexibility index (Phi) is 5.62. The number of hydrogen-bond acceptors (Lipinski definition) is 4. The van der Waals surface area contributed by atoms with Crippen molar-refractivity contribution in [3.8, 4) is 0 Å². The molecular formula is C22H23O4P2+. The monoisotopic (exact) mass is 413 g/mol. The van der Waals surface area contributed by atoms with E-state index in [1.165, 1.54) is 0 Å². The molecule has 0 bridgehead atoms. The Morgan fingerprint density at radius 3 is 1.29 bits per heavy atom. The highest BCUT2D eigenvalue weighted by Gasteiger charge is 2.67. The second-order valence-corrected chi connectivity index (χ2v) is 12.9. The van der Waals surface area contributed by atoms with Crippen molar-refractivity contribution in [2.24, 2.45) is 0 Å². The van der Waals surface area contributed by atoms with Crippen molar-refractivity contribution in [1.29, 1.82) is 0 Å².